The van der Waals surface area contributed by atoms with Crippen LogP contribution in [0.5, 0.6) is 5.75 Å². The molecule has 2 heterocycles. The zero-order chi connectivity index (χ0) is 13.4. The molecule has 1 amide bonds. The van der Waals surface area contributed by atoms with E-state index in [1.165, 1.54) is 11.1 Å². The number of nitrogens with two attached hydrogens (primary N) is 1. The van der Waals surface area contributed by atoms with Crippen LogP contribution in [0, 0.1) is 5.92 Å². The number of rotatable bonds is 3. The molecule has 5 heteroatoms. The van der Waals surface area contributed by atoms with E-state index in [2.05, 4.69) is 33.0 Å². The summed E-state index contributed by atoms with van der Waals surface area (Å²) in [7, 11) is 0. The van der Waals surface area contributed by atoms with Crippen LogP contribution < -0.4 is 10.5 Å². The summed E-state index contributed by atoms with van der Waals surface area (Å²) in [4.78, 5) is 13.5. The lowest BCUT2D eigenvalue weighted by atomic mass is 10.1. The van der Waals surface area contributed by atoms with Gasteiger partial charge < -0.3 is 10.5 Å². The van der Waals surface area contributed by atoms with Crippen LogP contribution in [0.25, 0.3) is 0 Å². The van der Waals surface area contributed by atoms with Gasteiger partial charge in [0.25, 0.3) is 0 Å². The Morgan fingerprint density at radius 3 is 3.11 bits per heavy atom. The van der Waals surface area contributed by atoms with E-state index in [9.17, 15) is 4.79 Å². The van der Waals surface area contributed by atoms with Gasteiger partial charge in [-0.1, -0.05) is 15.9 Å². The number of nitrogens with zero attached hydrogens (tertiary/aromatic N) is 1. The van der Waals surface area contributed by atoms with Gasteiger partial charge in [0.15, 0.2) is 0 Å². The van der Waals surface area contributed by atoms with Crippen molar-refractivity contribution in [2.75, 3.05) is 19.7 Å². The average molecular weight is 325 g/mol. The van der Waals surface area contributed by atoms with Crippen LogP contribution in [-0.4, -0.2) is 30.5 Å². The highest BCUT2D eigenvalue weighted by molar-refractivity contribution is 9.10. The average Bonchev–Trinajstić information content (AvgIpc) is 2.96. The summed E-state index contributed by atoms with van der Waals surface area (Å²) in [5.41, 5.74) is 7.84. The first kappa shape index (κ1) is 12.9. The molecule has 0 bridgehead atoms. The fourth-order valence-electron chi connectivity index (χ4n) is 2.91. The number of fused-ring (bicyclic) bond motifs is 1. The summed E-state index contributed by atoms with van der Waals surface area (Å²) in [5, 5.41) is 0. The van der Waals surface area contributed by atoms with Crippen LogP contribution in [0.3, 0.4) is 0 Å². The first-order valence-corrected chi connectivity index (χ1v) is 7.38. The van der Waals surface area contributed by atoms with Crippen molar-refractivity contribution in [1.82, 2.24) is 4.90 Å². The first-order chi connectivity index (χ1) is 9.13. The molecule has 4 nitrogen and oxygen atoms in total. The zero-order valence-electron chi connectivity index (χ0n) is 10.7. The number of carbonyl (C=O) groups excluding carboxylic acids is 1. The lowest BCUT2D eigenvalue weighted by molar-refractivity contribution is -0.121. The molecular formula is C14H17BrN2O2. The van der Waals surface area contributed by atoms with Crippen molar-refractivity contribution in [3.63, 3.8) is 0 Å². The Morgan fingerprint density at radius 2 is 2.37 bits per heavy atom. The van der Waals surface area contributed by atoms with E-state index in [0.717, 1.165) is 49.3 Å². The number of likely N-dealkylation sites (tertiary alicyclic amines) is 1. The van der Waals surface area contributed by atoms with Gasteiger partial charge in [0, 0.05) is 29.5 Å². The summed E-state index contributed by atoms with van der Waals surface area (Å²) in [6.45, 7) is 3.28. The summed E-state index contributed by atoms with van der Waals surface area (Å²) in [5.74, 6) is 0.852. The van der Waals surface area contributed by atoms with E-state index >= 15 is 0 Å². The summed E-state index contributed by atoms with van der Waals surface area (Å²) >= 11 is 3.55. The molecule has 2 N–H and O–H groups in total. The van der Waals surface area contributed by atoms with Crippen molar-refractivity contribution in [2.24, 2.45) is 11.7 Å². The fraction of sp³-hybridized carbons (Fsp3) is 0.500. The van der Waals surface area contributed by atoms with Crippen molar-refractivity contribution >= 4 is 21.8 Å². The molecule has 1 saturated heterocycles. The summed E-state index contributed by atoms with van der Waals surface area (Å²) < 4.78 is 6.82. The predicted molar refractivity (Wildman–Crippen MR) is 75.9 cm³/mol. The molecule has 1 unspecified atom stereocenters. The molecule has 19 heavy (non-hydrogen) atoms. The lowest BCUT2D eigenvalue weighted by Gasteiger charge is -2.17. The number of carbonyl (C=O) groups is 1. The molecular weight excluding hydrogens is 308 g/mol. The number of ether oxygens (including phenoxy) is 1. The van der Waals surface area contributed by atoms with Crippen LogP contribution in [0.4, 0.5) is 0 Å². The molecule has 3 rings (SSSR count). The number of benzene rings is 1. The molecule has 0 radical (unpaired) electrons. The topological polar surface area (TPSA) is 55.6 Å². The standard InChI is InChI=1S/C14H17BrN2O2/c15-12-5-9-2-4-19-13(9)11(6-12)8-17-3-1-10(7-17)14(16)18/h5-6,10H,1-4,7-8H2,(H2,16,18). The Hall–Kier alpha value is -1.07. The smallest absolute Gasteiger partial charge is 0.221 e. The molecule has 2 aliphatic heterocycles. The van der Waals surface area contributed by atoms with E-state index in [4.69, 9.17) is 10.5 Å². The minimum absolute atomic E-state index is 0.00104. The van der Waals surface area contributed by atoms with Gasteiger partial charge in [-0.05, 0) is 30.7 Å². The molecule has 0 aromatic heterocycles. The quantitative estimate of drug-likeness (QED) is 0.920. The van der Waals surface area contributed by atoms with Gasteiger partial charge in [-0.25, -0.2) is 0 Å². The van der Waals surface area contributed by atoms with Gasteiger partial charge in [-0.3, -0.25) is 9.69 Å². The van der Waals surface area contributed by atoms with Crippen molar-refractivity contribution in [3.05, 3.63) is 27.7 Å². The minimum atomic E-state index is -0.182. The number of primary amides is 1. The van der Waals surface area contributed by atoms with Gasteiger partial charge in [0.1, 0.15) is 5.75 Å². The third kappa shape index (κ3) is 2.62. The Kier molecular flexibility index (Phi) is 3.50. The van der Waals surface area contributed by atoms with Crippen molar-refractivity contribution < 1.29 is 9.53 Å². The molecule has 0 saturated carbocycles. The molecule has 2 aliphatic rings. The summed E-state index contributed by atoms with van der Waals surface area (Å²) in [6, 6.07) is 4.24. The number of hydrogen-bond donors (Lipinski definition) is 1. The molecule has 0 aliphatic carbocycles. The Bertz CT molecular complexity index is 518. The van der Waals surface area contributed by atoms with Crippen molar-refractivity contribution in [2.45, 2.75) is 19.4 Å². The second-order valence-electron chi connectivity index (χ2n) is 5.27. The second kappa shape index (κ2) is 5.13. The van der Waals surface area contributed by atoms with Gasteiger partial charge in [0.2, 0.25) is 5.91 Å². The number of halogens is 1. The van der Waals surface area contributed by atoms with Crippen molar-refractivity contribution in [1.29, 1.82) is 0 Å². The zero-order valence-corrected chi connectivity index (χ0v) is 12.3. The van der Waals surface area contributed by atoms with Crippen LogP contribution in [-0.2, 0) is 17.8 Å². The lowest BCUT2D eigenvalue weighted by Crippen LogP contribution is -2.27. The van der Waals surface area contributed by atoms with Gasteiger partial charge >= 0.3 is 0 Å². The third-order valence-electron chi connectivity index (χ3n) is 3.89. The van der Waals surface area contributed by atoms with Crippen LogP contribution in [0.1, 0.15) is 17.5 Å². The Labute approximate surface area is 121 Å². The summed E-state index contributed by atoms with van der Waals surface area (Å²) in [6.07, 6.45) is 1.85. The minimum Gasteiger partial charge on any atom is -0.493 e. The largest absolute Gasteiger partial charge is 0.493 e. The van der Waals surface area contributed by atoms with Crippen molar-refractivity contribution in [3.8, 4) is 5.75 Å². The fourth-order valence-corrected chi connectivity index (χ4v) is 3.47. The Morgan fingerprint density at radius 1 is 1.53 bits per heavy atom. The molecule has 1 fully saturated rings. The van der Waals surface area contributed by atoms with Crippen LogP contribution in [0.2, 0.25) is 0 Å². The van der Waals surface area contributed by atoms with Crippen LogP contribution >= 0.6 is 15.9 Å². The molecule has 0 spiro atoms. The maximum absolute atomic E-state index is 11.2. The monoisotopic (exact) mass is 324 g/mol. The van der Waals surface area contributed by atoms with E-state index in [1.807, 2.05) is 0 Å². The SMILES string of the molecule is NC(=O)C1CCN(Cc2cc(Br)cc3c2OCC3)C1. The first-order valence-electron chi connectivity index (χ1n) is 6.59. The van der Waals surface area contributed by atoms with Gasteiger partial charge in [-0.2, -0.15) is 0 Å². The van der Waals surface area contributed by atoms with E-state index < -0.39 is 0 Å². The Balaban J connectivity index is 1.76. The second-order valence-corrected chi connectivity index (χ2v) is 6.19. The predicted octanol–water partition coefficient (Wildman–Crippen LogP) is 1.69. The van der Waals surface area contributed by atoms with Crippen LogP contribution in [0.15, 0.2) is 16.6 Å². The normalized spacial score (nSPS) is 22.3. The van der Waals surface area contributed by atoms with E-state index in [1.54, 1.807) is 0 Å². The molecule has 1 atom stereocenters. The third-order valence-corrected chi connectivity index (χ3v) is 4.35. The van der Waals surface area contributed by atoms with E-state index in [0.29, 0.717) is 0 Å². The van der Waals surface area contributed by atoms with E-state index in [-0.39, 0.29) is 11.8 Å². The molecule has 1 aromatic rings. The highest BCUT2D eigenvalue weighted by atomic mass is 79.9. The van der Waals surface area contributed by atoms with Gasteiger partial charge in [0.05, 0.1) is 12.5 Å². The molecule has 1 aromatic carbocycles. The van der Waals surface area contributed by atoms with Gasteiger partial charge in [-0.15, -0.1) is 0 Å². The number of amides is 1. The maximum Gasteiger partial charge on any atom is 0.221 e. The molecule has 102 valence electrons. The highest BCUT2D eigenvalue weighted by Gasteiger charge is 2.28. The highest BCUT2D eigenvalue weighted by Crippen LogP contribution is 2.34. The maximum atomic E-state index is 11.2. The number of hydrogen-bond acceptors (Lipinski definition) is 3.